The maximum Gasteiger partial charge on any atom is 0.297 e. The summed E-state index contributed by atoms with van der Waals surface area (Å²) in [7, 11) is -4.10. The second kappa shape index (κ2) is 9.55. The van der Waals surface area contributed by atoms with Crippen molar-refractivity contribution in [2.75, 3.05) is 13.2 Å². The van der Waals surface area contributed by atoms with Crippen LogP contribution in [0, 0.1) is 6.92 Å². The topological polar surface area (TPSA) is 116 Å². The van der Waals surface area contributed by atoms with Gasteiger partial charge in [-0.05, 0) is 30.2 Å². The minimum atomic E-state index is -4.10. The fourth-order valence-electron chi connectivity index (χ4n) is 3.57. The van der Waals surface area contributed by atoms with E-state index in [1.54, 1.807) is 17.0 Å². The highest BCUT2D eigenvalue weighted by molar-refractivity contribution is 7.86. The Hall–Kier alpha value is -2.49. The molecule has 0 spiro atoms. The second-order valence-electron chi connectivity index (χ2n) is 7.24. The van der Waals surface area contributed by atoms with Crippen molar-refractivity contribution < 1.29 is 22.1 Å². The number of rotatable bonds is 8. The van der Waals surface area contributed by atoms with E-state index in [4.69, 9.17) is 9.71 Å². The second-order valence-corrected chi connectivity index (χ2v) is 8.85. The van der Waals surface area contributed by atoms with Crippen LogP contribution < -0.4 is 0 Å². The summed E-state index contributed by atoms with van der Waals surface area (Å²) in [4.78, 5) is 4.30. The minimum absolute atomic E-state index is 0.0390. The summed E-state index contributed by atoms with van der Waals surface area (Å²) in [5, 5.41) is 14.2. The lowest BCUT2D eigenvalue weighted by atomic mass is 10.0. The summed E-state index contributed by atoms with van der Waals surface area (Å²) in [5.74, 6) is 0. The zero-order valence-corrected chi connectivity index (χ0v) is 17.2. The molecule has 1 aliphatic heterocycles. The summed E-state index contributed by atoms with van der Waals surface area (Å²) in [6.45, 7) is 1.50. The molecular formula is C20H23FN4O4S. The van der Waals surface area contributed by atoms with Crippen molar-refractivity contribution in [3.8, 4) is 0 Å². The Labute approximate surface area is 174 Å². The molecule has 0 radical (unpaired) electrons. The van der Waals surface area contributed by atoms with Gasteiger partial charge in [-0.3, -0.25) is 9.08 Å². The molecule has 0 amide bonds. The zero-order chi connectivity index (χ0) is 21.7. The molecule has 4 atom stereocenters. The molecule has 160 valence electrons. The smallest absolute Gasteiger partial charge is 0.297 e. The van der Waals surface area contributed by atoms with Gasteiger partial charge in [-0.25, -0.2) is 4.39 Å². The number of hydrogen-bond donors (Lipinski definition) is 1. The molecule has 3 rings (SSSR count). The van der Waals surface area contributed by atoms with Gasteiger partial charge in [-0.2, -0.15) is 8.42 Å². The third-order valence-electron chi connectivity index (χ3n) is 5.06. The van der Waals surface area contributed by atoms with Gasteiger partial charge in [0.05, 0.1) is 23.6 Å². The average Bonchev–Trinajstić information content (AvgIpc) is 3.02. The summed E-state index contributed by atoms with van der Waals surface area (Å²) in [5.41, 5.74) is 10.6. The van der Waals surface area contributed by atoms with E-state index in [2.05, 4.69) is 10.0 Å². The van der Waals surface area contributed by atoms with Gasteiger partial charge >= 0.3 is 0 Å². The van der Waals surface area contributed by atoms with Gasteiger partial charge in [0.1, 0.15) is 6.17 Å². The number of azide groups is 1. The predicted octanol–water partition coefficient (Wildman–Crippen LogP) is 2.96. The predicted molar refractivity (Wildman–Crippen MR) is 109 cm³/mol. The number of nitrogens with zero attached hydrogens (tertiary/aromatic N) is 4. The van der Waals surface area contributed by atoms with E-state index in [1.807, 2.05) is 37.3 Å². The number of likely N-dealkylation sites (tertiary alicyclic amines) is 1. The minimum Gasteiger partial charge on any atom is -0.389 e. The van der Waals surface area contributed by atoms with Crippen LogP contribution in [0.2, 0.25) is 0 Å². The fourth-order valence-corrected chi connectivity index (χ4v) is 4.50. The highest BCUT2D eigenvalue weighted by atomic mass is 32.2. The molecule has 1 aliphatic rings. The third kappa shape index (κ3) is 5.16. The Kier molecular flexibility index (Phi) is 7.06. The lowest BCUT2D eigenvalue weighted by Crippen LogP contribution is -2.46. The van der Waals surface area contributed by atoms with Crippen LogP contribution in [0.1, 0.15) is 11.1 Å². The van der Waals surface area contributed by atoms with Gasteiger partial charge in [0.2, 0.25) is 0 Å². The third-order valence-corrected chi connectivity index (χ3v) is 6.36. The van der Waals surface area contributed by atoms with Crippen molar-refractivity contribution in [3.05, 3.63) is 76.2 Å². The molecule has 4 unspecified atom stereocenters. The van der Waals surface area contributed by atoms with Crippen molar-refractivity contribution in [3.63, 3.8) is 0 Å². The van der Waals surface area contributed by atoms with Gasteiger partial charge in [0, 0.05) is 24.0 Å². The van der Waals surface area contributed by atoms with Crippen LogP contribution in [-0.4, -0.2) is 55.9 Å². The number of benzene rings is 2. The summed E-state index contributed by atoms with van der Waals surface area (Å²) in [6.07, 6.45) is -2.87. The zero-order valence-electron chi connectivity index (χ0n) is 16.4. The van der Waals surface area contributed by atoms with Crippen LogP contribution in [-0.2, 0) is 20.8 Å². The molecule has 1 fully saturated rings. The van der Waals surface area contributed by atoms with E-state index >= 15 is 0 Å². The van der Waals surface area contributed by atoms with Crippen LogP contribution in [0.25, 0.3) is 10.4 Å². The van der Waals surface area contributed by atoms with Crippen molar-refractivity contribution >= 4 is 10.1 Å². The maximum absolute atomic E-state index is 14.5. The van der Waals surface area contributed by atoms with E-state index < -0.39 is 41.1 Å². The molecule has 1 saturated heterocycles. The summed E-state index contributed by atoms with van der Waals surface area (Å²) < 4.78 is 44.4. The van der Waals surface area contributed by atoms with Crippen LogP contribution in [0.5, 0.6) is 0 Å². The highest BCUT2D eigenvalue weighted by Gasteiger charge is 2.45. The first kappa shape index (κ1) is 22.2. The molecule has 2 aromatic carbocycles. The Morgan fingerprint density at radius 2 is 1.93 bits per heavy atom. The van der Waals surface area contributed by atoms with Crippen molar-refractivity contribution in [2.45, 2.75) is 42.7 Å². The van der Waals surface area contributed by atoms with Gasteiger partial charge in [0.15, 0.2) is 0 Å². The SMILES string of the molecule is Cc1ccc(S(=O)(=O)OCC(O)C2C(N=[N+]=[N-])C(F)CN2Cc2ccccc2)cc1. The van der Waals surface area contributed by atoms with Crippen LogP contribution in [0.4, 0.5) is 4.39 Å². The Balaban J connectivity index is 1.76. The number of aliphatic hydroxyl groups excluding tert-OH is 1. The van der Waals surface area contributed by atoms with Gasteiger partial charge < -0.3 is 5.11 Å². The molecule has 8 nitrogen and oxygen atoms in total. The Morgan fingerprint density at radius 1 is 1.27 bits per heavy atom. The van der Waals surface area contributed by atoms with E-state index in [1.165, 1.54) is 12.1 Å². The molecule has 30 heavy (non-hydrogen) atoms. The highest BCUT2D eigenvalue weighted by Crippen LogP contribution is 2.29. The van der Waals surface area contributed by atoms with Gasteiger partial charge in [-0.15, -0.1) is 0 Å². The molecule has 0 saturated carbocycles. The molecule has 1 heterocycles. The summed E-state index contributed by atoms with van der Waals surface area (Å²) in [6, 6.07) is 13.3. The Morgan fingerprint density at radius 3 is 2.57 bits per heavy atom. The number of aliphatic hydroxyl groups is 1. The molecular weight excluding hydrogens is 411 g/mol. The van der Waals surface area contributed by atoms with E-state index in [-0.39, 0.29) is 11.4 Å². The lowest BCUT2D eigenvalue weighted by Gasteiger charge is -2.30. The standard InChI is InChI=1S/C20H23FN4O4S/c1-14-7-9-16(10-8-14)30(27,28)29-13-18(26)20-19(23-24-22)17(21)12-25(20)11-15-5-3-2-4-6-15/h2-10,17-20,26H,11-13H2,1H3. The van der Waals surface area contributed by atoms with Crippen LogP contribution in [0.3, 0.4) is 0 Å². The molecule has 1 N–H and O–H groups in total. The quantitative estimate of drug-likeness (QED) is 0.297. The first-order valence-corrected chi connectivity index (χ1v) is 10.8. The maximum atomic E-state index is 14.5. The average molecular weight is 434 g/mol. The first-order chi connectivity index (χ1) is 14.3. The molecule has 0 aliphatic carbocycles. The normalized spacial score (nSPS) is 23.1. The number of aryl methyl sites for hydroxylation is 1. The molecule has 0 aromatic heterocycles. The fraction of sp³-hybridized carbons (Fsp3) is 0.400. The van der Waals surface area contributed by atoms with Crippen molar-refractivity contribution in [1.29, 1.82) is 0 Å². The van der Waals surface area contributed by atoms with Gasteiger partial charge in [0.25, 0.3) is 10.1 Å². The molecule has 2 aromatic rings. The largest absolute Gasteiger partial charge is 0.389 e. The van der Waals surface area contributed by atoms with Gasteiger partial charge in [-0.1, -0.05) is 53.1 Å². The lowest BCUT2D eigenvalue weighted by molar-refractivity contribution is 0.0292. The van der Waals surface area contributed by atoms with Crippen LogP contribution in [0.15, 0.2) is 64.6 Å². The molecule has 0 bridgehead atoms. The van der Waals surface area contributed by atoms with Crippen molar-refractivity contribution in [1.82, 2.24) is 4.90 Å². The molecule has 10 heteroatoms. The van der Waals surface area contributed by atoms with Crippen molar-refractivity contribution in [2.24, 2.45) is 5.11 Å². The van der Waals surface area contributed by atoms with Crippen LogP contribution >= 0.6 is 0 Å². The number of halogens is 1. The van der Waals surface area contributed by atoms with E-state index in [0.717, 1.165) is 11.1 Å². The van der Waals surface area contributed by atoms with E-state index in [9.17, 15) is 17.9 Å². The van der Waals surface area contributed by atoms with E-state index in [0.29, 0.717) is 6.54 Å². The Bertz CT molecular complexity index is 997. The monoisotopic (exact) mass is 434 g/mol. The summed E-state index contributed by atoms with van der Waals surface area (Å²) >= 11 is 0. The first-order valence-electron chi connectivity index (χ1n) is 9.42. The number of hydrogen-bond acceptors (Lipinski definition) is 6. The number of alkyl halides is 1.